The van der Waals surface area contributed by atoms with Crippen LogP contribution in [-0.2, 0) is 4.79 Å². The summed E-state index contributed by atoms with van der Waals surface area (Å²) in [7, 11) is 0. The van der Waals surface area contributed by atoms with Crippen LogP contribution >= 0.6 is 0 Å². The first-order valence-corrected chi connectivity index (χ1v) is 6.96. The number of piperidine rings is 1. The molecule has 17 heavy (non-hydrogen) atoms. The second kappa shape index (κ2) is 4.58. The summed E-state index contributed by atoms with van der Waals surface area (Å²) in [5.41, 5.74) is 0. The maximum Gasteiger partial charge on any atom is 0.240 e. The Hall–Kier alpha value is -0.610. The first-order valence-electron chi connectivity index (χ1n) is 6.96. The SMILES string of the molecule is O=C(C1NCC2CCCC21)N1CCC[C@H](O)C1. The molecular weight excluding hydrogens is 216 g/mol. The Morgan fingerprint density at radius 3 is 2.94 bits per heavy atom. The number of carbonyl (C=O) groups is 1. The molecule has 2 aliphatic heterocycles. The molecule has 4 atom stereocenters. The molecule has 2 saturated heterocycles. The number of hydrogen-bond acceptors (Lipinski definition) is 3. The lowest BCUT2D eigenvalue weighted by molar-refractivity contribution is -0.137. The van der Waals surface area contributed by atoms with E-state index >= 15 is 0 Å². The zero-order valence-electron chi connectivity index (χ0n) is 10.3. The van der Waals surface area contributed by atoms with Crippen LogP contribution in [0.5, 0.6) is 0 Å². The number of aliphatic hydroxyl groups excluding tert-OH is 1. The summed E-state index contributed by atoms with van der Waals surface area (Å²) in [6, 6.07) is 0.0350. The quantitative estimate of drug-likeness (QED) is 0.693. The largest absolute Gasteiger partial charge is 0.391 e. The van der Waals surface area contributed by atoms with Crippen molar-refractivity contribution in [1.29, 1.82) is 0 Å². The van der Waals surface area contributed by atoms with Crippen LogP contribution in [0.15, 0.2) is 0 Å². The van der Waals surface area contributed by atoms with E-state index in [0.717, 1.165) is 31.8 Å². The number of amides is 1. The normalized spacial score (nSPS) is 41.6. The van der Waals surface area contributed by atoms with Crippen molar-refractivity contribution >= 4 is 5.91 Å². The van der Waals surface area contributed by atoms with Gasteiger partial charge in [-0.3, -0.25) is 4.79 Å². The number of aliphatic hydroxyl groups is 1. The van der Waals surface area contributed by atoms with E-state index in [1.807, 2.05) is 4.90 Å². The molecular formula is C13H22N2O2. The van der Waals surface area contributed by atoms with Gasteiger partial charge in [0.2, 0.25) is 5.91 Å². The van der Waals surface area contributed by atoms with Crippen LogP contribution in [0.3, 0.4) is 0 Å². The third-order valence-corrected chi connectivity index (χ3v) is 4.72. The van der Waals surface area contributed by atoms with E-state index in [4.69, 9.17) is 0 Å². The lowest BCUT2D eigenvalue weighted by Gasteiger charge is -2.33. The van der Waals surface area contributed by atoms with E-state index in [0.29, 0.717) is 12.5 Å². The van der Waals surface area contributed by atoms with E-state index < -0.39 is 0 Å². The second-order valence-electron chi connectivity index (χ2n) is 5.82. The average Bonchev–Trinajstić information content (AvgIpc) is 2.89. The highest BCUT2D eigenvalue weighted by molar-refractivity contribution is 5.83. The highest BCUT2D eigenvalue weighted by Gasteiger charge is 2.44. The number of rotatable bonds is 1. The van der Waals surface area contributed by atoms with Crippen molar-refractivity contribution in [3.63, 3.8) is 0 Å². The smallest absolute Gasteiger partial charge is 0.240 e. The van der Waals surface area contributed by atoms with E-state index in [1.54, 1.807) is 0 Å². The molecule has 0 spiro atoms. The van der Waals surface area contributed by atoms with Crippen LogP contribution in [0.2, 0.25) is 0 Å². The van der Waals surface area contributed by atoms with Gasteiger partial charge in [0, 0.05) is 13.1 Å². The Kier molecular flexibility index (Phi) is 3.09. The summed E-state index contributed by atoms with van der Waals surface area (Å²) in [4.78, 5) is 14.3. The monoisotopic (exact) mass is 238 g/mol. The van der Waals surface area contributed by atoms with E-state index in [2.05, 4.69) is 5.32 Å². The van der Waals surface area contributed by atoms with Gasteiger partial charge in [0.05, 0.1) is 12.1 Å². The maximum absolute atomic E-state index is 12.4. The molecule has 96 valence electrons. The fourth-order valence-corrected chi connectivity index (χ4v) is 3.81. The molecule has 1 aliphatic carbocycles. The van der Waals surface area contributed by atoms with E-state index in [-0.39, 0.29) is 18.1 Å². The van der Waals surface area contributed by atoms with Crippen molar-refractivity contribution in [2.75, 3.05) is 19.6 Å². The fraction of sp³-hybridized carbons (Fsp3) is 0.923. The lowest BCUT2D eigenvalue weighted by Crippen LogP contribution is -2.50. The molecule has 0 bridgehead atoms. The van der Waals surface area contributed by atoms with Crippen LogP contribution in [-0.4, -0.2) is 47.7 Å². The summed E-state index contributed by atoms with van der Waals surface area (Å²) in [6.45, 7) is 2.37. The van der Waals surface area contributed by atoms with Crippen molar-refractivity contribution in [2.24, 2.45) is 11.8 Å². The molecule has 3 fully saturated rings. The van der Waals surface area contributed by atoms with Crippen LogP contribution in [0.25, 0.3) is 0 Å². The number of likely N-dealkylation sites (tertiary alicyclic amines) is 1. The molecule has 0 aromatic rings. The second-order valence-corrected chi connectivity index (χ2v) is 5.82. The number of hydrogen-bond donors (Lipinski definition) is 2. The Morgan fingerprint density at radius 1 is 1.24 bits per heavy atom. The molecule has 4 heteroatoms. The summed E-state index contributed by atoms with van der Waals surface area (Å²) in [5, 5.41) is 13.0. The zero-order chi connectivity index (χ0) is 11.8. The molecule has 3 aliphatic rings. The number of nitrogens with one attached hydrogen (secondary N) is 1. The summed E-state index contributed by atoms with van der Waals surface area (Å²) in [5.74, 6) is 1.51. The van der Waals surface area contributed by atoms with Crippen LogP contribution < -0.4 is 5.32 Å². The van der Waals surface area contributed by atoms with Crippen molar-refractivity contribution in [3.05, 3.63) is 0 Å². The number of nitrogens with zero attached hydrogens (tertiary/aromatic N) is 1. The predicted molar refractivity (Wildman–Crippen MR) is 64.4 cm³/mol. The van der Waals surface area contributed by atoms with Gasteiger partial charge in [-0.05, 0) is 44.1 Å². The minimum Gasteiger partial charge on any atom is -0.391 e. The minimum absolute atomic E-state index is 0.0350. The third kappa shape index (κ3) is 2.08. The summed E-state index contributed by atoms with van der Waals surface area (Å²) in [6.07, 6.45) is 5.23. The van der Waals surface area contributed by atoms with Crippen LogP contribution in [0.4, 0.5) is 0 Å². The molecule has 1 amide bonds. The molecule has 0 aromatic heterocycles. The highest BCUT2D eigenvalue weighted by Crippen LogP contribution is 2.38. The molecule has 2 N–H and O–H groups in total. The molecule has 3 rings (SSSR count). The molecule has 4 nitrogen and oxygen atoms in total. The van der Waals surface area contributed by atoms with Gasteiger partial charge in [-0.15, -0.1) is 0 Å². The maximum atomic E-state index is 12.4. The third-order valence-electron chi connectivity index (χ3n) is 4.72. The molecule has 1 saturated carbocycles. The van der Waals surface area contributed by atoms with Gasteiger partial charge in [-0.2, -0.15) is 0 Å². The highest BCUT2D eigenvalue weighted by atomic mass is 16.3. The summed E-state index contributed by atoms with van der Waals surface area (Å²) < 4.78 is 0. The van der Waals surface area contributed by atoms with Gasteiger partial charge in [0.1, 0.15) is 0 Å². The van der Waals surface area contributed by atoms with Crippen LogP contribution in [0, 0.1) is 11.8 Å². The molecule has 2 heterocycles. The van der Waals surface area contributed by atoms with Crippen molar-refractivity contribution in [3.8, 4) is 0 Å². The number of carbonyl (C=O) groups excluding carboxylic acids is 1. The predicted octanol–water partition coefficient (Wildman–Crippen LogP) is 0.358. The first kappa shape index (κ1) is 11.5. The fourth-order valence-electron chi connectivity index (χ4n) is 3.81. The summed E-state index contributed by atoms with van der Waals surface area (Å²) >= 11 is 0. The molecule has 0 radical (unpaired) electrons. The Bertz CT molecular complexity index is 308. The van der Waals surface area contributed by atoms with Gasteiger partial charge in [-0.25, -0.2) is 0 Å². The molecule has 3 unspecified atom stereocenters. The average molecular weight is 238 g/mol. The van der Waals surface area contributed by atoms with Gasteiger partial charge in [-0.1, -0.05) is 6.42 Å². The number of fused-ring (bicyclic) bond motifs is 1. The zero-order valence-corrected chi connectivity index (χ0v) is 10.3. The number of β-amino-alcohol motifs (C(OH)–C–C–N with tert-alkyl or cyclic N) is 1. The van der Waals surface area contributed by atoms with E-state index in [1.165, 1.54) is 19.3 Å². The standard InChI is InChI=1S/C13H22N2O2/c16-10-4-2-6-15(8-10)13(17)12-11-5-1-3-9(11)7-14-12/h9-12,14,16H,1-8H2/t9?,10-,11?,12?/m0/s1. The van der Waals surface area contributed by atoms with Gasteiger partial charge in [0.25, 0.3) is 0 Å². The lowest BCUT2D eigenvalue weighted by atomic mass is 9.93. The van der Waals surface area contributed by atoms with Crippen molar-refractivity contribution < 1.29 is 9.90 Å². The first-order chi connectivity index (χ1) is 8.25. The Morgan fingerprint density at radius 2 is 2.12 bits per heavy atom. The van der Waals surface area contributed by atoms with Crippen LogP contribution in [0.1, 0.15) is 32.1 Å². The van der Waals surface area contributed by atoms with Gasteiger partial charge < -0.3 is 15.3 Å². The minimum atomic E-state index is -0.312. The van der Waals surface area contributed by atoms with Crippen molar-refractivity contribution in [1.82, 2.24) is 10.2 Å². The van der Waals surface area contributed by atoms with Crippen molar-refractivity contribution in [2.45, 2.75) is 44.2 Å². The Labute approximate surface area is 102 Å². The Balaban J connectivity index is 1.65. The van der Waals surface area contributed by atoms with Gasteiger partial charge in [0.15, 0.2) is 0 Å². The van der Waals surface area contributed by atoms with Gasteiger partial charge >= 0.3 is 0 Å². The van der Waals surface area contributed by atoms with E-state index in [9.17, 15) is 9.90 Å². The topological polar surface area (TPSA) is 52.6 Å². The molecule has 0 aromatic carbocycles.